The van der Waals surface area contributed by atoms with Crippen LogP contribution in [0.5, 0.6) is 0 Å². The van der Waals surface area contributed by atoms with Gasteiger partial charge in [-0.05, 0) is 55.8 Å². The van der Waals surface area contributed by atoms with Crippen LogP contribution in [0.15, 0.2) is 52.9 Å². The van der Waals surface area contributed by atoms with Gasteiger partial charge >= 0.3 is 5.97 Å². The fourth-order valence-electron chi connectivity index (χ4n) is 3.60. The predicted octanol–water partition coefficient (Wildman–Crippen LogP) is 5.17. The number of carbonyl (C=O) groups is 2. The number of aryl methyl sites for hydroxylation is 1. The highest BCUT2D eigenvalue weighted by molar-refractivity contribution is 6.31. The standard InChI is InChI=1S/C25H25ClN2O5/c1-3-32-25(30)18-6-7-21(28-10-12-31-13-11-28)20(15-18)27-24(29)23-9-8-22(33-23)17-5-4-16(2)19(26)14-17/h4-9,14-15H,3,10-13H2,1-2H3,(H,27,29). The van der Waals surface area contributed by atoms with E-state index in [2.05, 4.69) is 10.2 Å². The average molecular weight is 469 g/mol. The fourth-order valence-corrected chi connectivity index (χ4v) is 3.78. The summed E-state index contributed by atoms with van der Waals surface area (Å²) in [5.74, 6) is -0.181. The Morgan fingerprint density at radius 3 is 2.61 bits per heavy atom. The monoisotopic (exact) mass is 468 g/mol. The van der Waals surface area contributed by atoms with Crippen molar-refractivity contribution in [2.75, 3.05) is 43.1 Å². The van der Waals surface area contributed by atoms with E-state index in [1.807, 2.05) is 25.1 Å². The van der Waals surface area contributed by atoms with Crippen molar-refractivity contribution in [1.82, 2.24) is 0 Å². The third-order valence-corrected chi connectivity index (χ3v) is 5.80. The first-order valence-corrected chi connectivity index (χ1v) is 11.2. The number of nitrogens with one attached hydrogen (secondary N) is 1. The van der Waals surface area contributed by atoms with Crippen LogP contribution in [-0.4, -0.2) is 44.8 Å². The van der Waals surface area contributed by atoms with Gasteiger partial charge in [-0.25, -0.2) is 4.79 Å². The minimum absolute atomic E-state index is 0.149. The molecule has 0 radical (unpaired) electrons. The molecular formula is C25H25ClN2O5. The molecule has 1 amide bonds. The number of halogens is 1. The Bertz CT molecular complexity index is 1170. The Labute approximate surface area is 197 Å². The van der Waals surface area contributed by atoms with Gasteiger partial charge in [0.1, 0.15) is 5.76 Å². The summed E-state index contributed by atoms with van der Waals surface area (Å²) in [4.78, 5) is 27.4. The van der Waals surface area contributed by atoms with Crippen LogP contribution in [0.25, 0.3) is 11.3 Å². The van der Waals surface area contributed by atoms with E-state index in [0.29, 0.717) is 48.3 Å². The zero-order valence-electron chi connectivity index (χ0n) is 18.5. The van der Waals surface area contributed by atoms with Crippen molar-refractivity contribution in [3.8, 4) is 11.3 Å². The number of furan rings is 1. The first kappa shape index (κ1) is 22.9. The summed E-state index contributed by atoms with van der Waals surface area (Å²) in [6, 6.07) is 14.1. The molecule has 2 heterocycles. The van der Waals surface area contributed by atoms with Gasteiger partial charge in [0.15, 0.2) is 5.76 Å². The van der Waals surface area contributed by atoms with Crippen LogP contribution >= 0.6 is 11.6 Å². The molecule has 0 saturated carbocycles. The topological polar surface area (TPSA) is 81.0 Å². The summed E-state index contributed by atoms with van der Waals surface area (Å²) in [5, 5.41) is 3.52. The molecule has 0 spiro atoms. The zero-order valence-corrected chi connectivity index (χ0v) is 19.3. The maximum atomic E-state index is 13.0. The second kappa shape index (κ2) is 10.1. The lowest BCUT2D eigenvalue weighted by molar-refractivity contribution is 0.0526. The Morgan fingerprint density at radius 1 is 1.09 bits per heavy atom. The van der Waals surface area contributed by atoms with Crippen molar-refractivity contribution in [3.05, 3.63) is 70.4 Å². The summed E-state index contributed by atoms with van der Waals surface area (Å²) in [7, 11) is 0. The number of hydrogen-bond donors (Lipinski definition) is 1. The molecule has 0 atom stereocenters. The maximum absolute atomic E-state index is 13.0. The second-order valence-corrected chi connectivity index (χ2v) is 8.04. The van der Waals surface area contributed by atoms with E-state index in [-0.39, 0.29) is 12.4 Å². The van der Waals surface area contributed by atoms with Crippen LogP contribution in [0.2, 0.25) is 5.02 Å². The quantitative estimate of drug-likeness (QED) is 0.502. The Kier molecular flexibility index (Phi) is 7.01. The van der Waals surface area contributed by atoms with E-state index in [1.165, 1.54) is 0 Å². The van der Waals surface area contributed by atoms with E-state index in [4.69, 9.17) is 25.5 Å². The van der Waals surface area contributed by atoms with Crippen molar-refractivity contribution in [2.24, 2.45) is 0 Å². The highest BCUT2D eigenvalue weighted by atomic mass is 35.5. The molecule has 1 aliphatic rings. The van der Waals surface area contributed by atoms with Gasteiger partial charge in [-0.3, -0.25) is 4.79 Å². The van der Waals surface area contributed by atoms with Gasteiger partial charge < -0.3 is 24.1 Å². The van der Waals surface area contributed by atoms with Crippen LogP contribution < -0.4 is 10.2 Å². The van der Waals surface area contributed by atoms with Crippen molar-refractivity contribution in [2.45, 2.75) is 13.8 Å². The smallest absolute Gasteiger partial charge is 0.338 e. The molecule has 172 valence electrons. The zero-order chi connectivity index (χ0) is 23.4. The van der Waals surface area contributed by atoms with Crippen molar-refractivity contribution < 1.29 is 23.5 Å². The number of carbonyl (C=O) groups excluding carboxylic acids is 2. The normalized spacial score (nSPS) is 13.6. The lowest BCUT2D eigenvalue weighted by atomic mass is 10.1. The highest BCUT2D eigenvalue weighted by Gasteiger charge is 2.20. The number of rotatable bonds is 6. The number of amides is 1. The minimum atomic E-state index is -0.446. The number of esters is 1. The summed E-state index contributed by atoms with van der Waals surface area (Å²) < 4.78 is 16.4. The molecule has 0 unspecified atom stereocenters. The van der Waals surface area contributed by atoms with E-state index < -0.39 is 11.9 Å². The average Bonchev–Trinajstić information content (AvgIpc) is 3.32. The fraction of sp³-hybridized carbons (Fsp3) is 0.280. The largest absolute Gasteiger partial charge is 0.462 e. The minimum Gasteiger partial charge on any atom is -0.462 e. The first-order chi connectivity index (χ1) is 16.0. The molecule has 1 N–H and O–H groups in total. The Balaban J connectivity index is 1.60. The lowest BCUT2D eigenvalue weighted by Crippen LogP contribution is -2.36. The molecule has 4 rings (SSSR count). The van der Waals surface area contributed by atoms with Gasteiger partial charge in [-0.2, -0.15) is 0 Å². The van der Waals surface area contributed by atoms with Crippen molar-refractivity contribution in [3.63, 3.8) is 0 Å². The van der Waals surface area contributed by atoms with Gasteiger partial charge in [-0.1, -0.05) is 23.7 Å². The molecule has 0 bridgehead atoms. The molecule has 3 aromatic rings. The maximum Gasteiger partial charge on any atom is 0.338 e. The second-order valence-electron chi connectivity index (χ2n) is 7.63. The van der Waals surface area contributed by atoms with E-state index in [1.54, 1.807) is 37.3 Å². The summed E-state index contributed by atoms with van der Waals surface area (Å²) >= 11 is 6.22. The molecule has 2 aromatic carbocycles. The number of morpholine rings is 1. The van der Waals surface area contributed by atoms with Crippen LogP contribution in [0.4, 0.5) is 11.4 Å². The van der Waals surface area contributed by atoms with Crippen LogP contribution in [-0.2, 0) is 9.47 Å². The van der Waals surface area contributed by atoms with E-state index in [0.717, 1.165) is 16.8 Å². The molecule has 1 aliphatic heterocycles. The van der Waals surface area contributed by atoms with Gasteiger partial charge in [0.2, 0.25) is 0 Å². The molecule has 1 saturated heterocycles. The van der Waals surface area contributed by atoms with Gasteiger partial charge in [-0.15, -0.1) is 0 Å². The Morgan fingerprint density at radius 2 is 1.88 bits per heavy atom. The lowest BCUT2D eigenvalue weighted by Gasteiger charge is -2.30. The molecule has 33 heavy (non-hydrogen) atoms. The number of hydrogen-bond acceptors (Lipinski definition) is 6. The van der Waals surface area contributed by atoms with Crippen molar-refractivity contribution >= 4 is 34.9 Å². The van der Waals surface area contributed by atoms with E-state index in [9.17, 15) is 9.59 Å². The van der Waals surface area contributed by atoms with Crippen molar-refractivity contribution in [1.29, 1.82) is 0 Å². The molecule has 8 heteroatoms. The van der Waals surface area contributed by atoms with Gasteiger partial charge in [0, 0.05) is 23.7 Å². The van der Waals surface area contributed by atoms with Crippen LogP contribution in [0.3, 0.4) is 0 Å². The number of ether oxygens (including phenoxy) is 2. The van der Waals surface area contributed by atoms with Gasteiger partial charge in [0.05, 0.1) is 36.8 Å². The highest BCUT2D eigenvalue weighted by Crippen LogP contribution is 2.31. The van der Waals surface area contributed by atoms with Crippen LogP contribution in [0.1, 0.15) is 33.4 Å². The molecule has 1 fully saturated rings. The number of nitrogens with zero attached hydrogens (tertiary/aromatic N) is 1. The number of anilines is 2. The third-order valence-electron chi connectivity index (χ3n) is 5.39. The third kappa shape index (κ3) is 5.21. The SMILES string of the molecule is CCOC(=O)c1ccc(N2CCOCC2)c(NC(=O)c2ccc(-c3ccc(C)c(Cl)c3)o2)c1. The molecule has 7 nitrogen and oxygen atoms in total. The molecule has 1 aromatic heterocycles. The summed E-state index contributed by atoms with van der Waals surface area (Å²) in [6.07, 6.45) is 0. The predicted molar refractivity (Wildman–Crippen MR) is 127 cm³/mol. The Hall–Kier alpha value is -3.29. The van der Waals surface area contributed by atoms with Crippen LogP contribution in [0, 0.1) is 6.92 Å². The van der Waals surface area contributed by atoms with E-state index >= 15 is 0 Å². The molecule has 0 aliphatic carbocycles. The summed E-state index contributed by atoms with van der Waals surface area (Å²) in [6.45, 7) is 6.48. The molecular weight excluding hydrogens is 444 g/mol. The first-order valence-electron chi connectivity index (χ1n) is 10.8. The van der Waals surface area contributed by atoms with Gasteiger partial charge in [0.25, 0.3) is 5.91 Å². The number of benzene rings is 2. The summed E-state index contributed by atoms with van der Waals surface area (Å²) in [5.41, 5.74) is 3.41.